The molecule has 0 aliphatic carbocycles. The van der Waals surface area contributed by atoms with Crippen molar-refractivity contribution >= 4 is 49.0 Å². The first-order valence-corrected chi connectivity index (χ1v) is 9.51. The highest BCUT2D eigenvalue weighted by Crippen LogP contribution is 2.29. The zero-order valence-corrected chi connectivity index (χ0v) is 16.8. The minimum Gasteiger partial charge on any atom is -0.289 e. The summed E-state index contributed by atoms with van der Waals surface area (Å²) >= 11 is 6.76. The van der Waals surface area contributed by atoms with Crippen LogP contribution in [0.25, 0.3) is 5.57 Å². The van der Waals surface area contributed by atoms with Crippen LogP contribution in [-0.4, -0.2) is 11.6 Å². The fourth-order valence-corrected chi connectivity index (χ4v) is 3.44. The molecule has 3 aromatic rings. The molecule has 2 nitrogen and oxygen atoms in total. The van der Waals surface area contributed by atoms with Crippen LogP contribution in [0, 0.1) is 0 Å². The molecular formula is C22H14Br2O2. The molecule has 128 valence electrons. The number of hydrogen-bond donors (Lipinski definition) is 0. The second-order valence-corrected chi connectivity index (χ2v) is 7.29. The lowest BCUT2D eigenvalue weighted by Gasteiger charge is -2.11. The number of carbonyl (C=O) groups is 2. The quantitative estimate of drug-likeness (QED) is 0.323. The summed E-state index contributed by atoms with van der Waals surface area (Å²) < 4.78 is 1.14. The van der Waals surface area contributed by atoms with E-state index >= 15 is 0 Å². The number of rotatable bonds is 5. The van der Waals surface area contributed by atoms with Crippen LogP contribution in [0.4, 0.5) is 0 Å². The summed E-state index contributed by atoms with van der Waals surface area (Å²) in [6.45, 7) is 0. The van der Waals surface area contributed by atoms with Gasteiger partial charge in [0.25, 0.3) is 0 Å². The Morgan fingerprint density at radius 3 is 1.58 bits per heavy atom. The molecule has 0 amide bonds. The zero-order chi connectivity index (χ0) is 18.5. The fraction of sp³-hybridized carbons (Fsp3) is 0. The molecule has 0 N–H and O–H groups in total. The Morgan fingerprint density at radius 2 is 1.04 bits per heavy atom. The molecule has 0 radical (unpaired) electrons. The molecule has 0 spiro atoms. The van der Waals surface area contributed by atoms with E-state index in [0.717, 1.165) is 4.47 Å². The van der Waals surface area contributed by atoms with Crippen molar-refractivity contribution in [1.82, 2.24) is 0 Å². The predicted molar refractivity (Wildman–Crippen MR) is 112 cm³/mol. The van der Waals surface area contributed by atoms with Crippen LogP contribution in [0.2, 0.25) is 0 Å². The maximum absolute atomic E-state index is 13.1. The summed E-state index contributed by atoms with van der Waals surface area (Å²) in [6.07, 6.45) is 0. The Hall–Kier alpha value is -2.30. The molecule has 0 atom stereocenters. The third-order valence-electron chi connectivity index (χ3n) is 3.85. The topological polar surface area (TPSA) is 34.1 Å². The molecule has 0 aromatic heterocycles. The Labute approximate surface area is 168 Å². The number of ketones is 2. The van der Waals surface area contributed by atoms with Gasteiger partial charge in [-0.05, 0) is 45.8 Å². The third-order valence-corrected chi connectivity index (χ3v) is 5.14. The minimum absolute atomic E-state index is 0.200. The van der Waals surface area contributed by atoms with Crippen LogP contribution in [-0.2, 0) is 0 Å². The number of hydrogen-bond acceptors (Lipinski definition) is 2. The van der Waals surface area contributed by atoms with Crippen LogP contribution < -0.4 is 0 Å². The van der Waals surface area contributed by atoms with Crippen molar-refractivity contribution in [2.75, 3.05) is 0 Å². The van der Waals surface area contributed by atoms with Gasteiger partial charge in [-0.15, -0.1) is 0 Å². The summed E-state index contributed by atoms with van der Waals surface area (Å²) in [7, 11) is 0. The van der Waals surface area contributed by atoms with Gasteiger partial charge in [0, 0.05) is 21.2 Å². The monoisotopic (exact) mass is 468 g/mol. The molecule has 26 heavy (non-hydrogen) atoms. The molecule has 0 aliphatic heterocycles. The first-order chi connectivity index (χ1) is 12.6. The normalized spacial score (nSPS) is 11.6. The van der Waals surface area contributed by atoms with Gasteiger partial charge in [-0.1, -0.05) is 76.6 Å². The van der Waals surface area contributed by atoms with Gasteiger partial charge in [-0.25, -0.2) is 0 Å². The van der Waals surface area contributed by atoms with E-state index in [-0.39, 0.29) is 16.0 Å². The van der Waals surface area contributed by atoms with E-state index in [2.05, 4.69) is 31.9 Å². The molecule has 0 unspecified atom stereocenters. The first kappa shape index (κ1) is 18.5. The van der Waals surface area contributed by atoms with Crippen molar-refractivity contribution in [2.24, 2.45) is 0 Å². The second-order valence-electron chi connectivity index (χ2n) is 5.59. The van der Waals surface area contributed by atoms with Crippen molar-refractivity contribution in [3.63, 3.8) is 0 Å². The minimum atomic E-state index is -0.236. The van der Waals surface area contributed by atoms with Crippen LogP contribution in [0.3, 0.4) is 0 Å². The molecule has 0 aliphatic rings. The lowest BCUT2D eigenvalue weighted by Crippen LogP contribution is -2.09. The van der Waals surface area contributed by atoms with E-state index in [0.29, 0.717) is 22.3 Å². The van der Waals surface area contributed by atoms with Crippen LogP contribution >= 0.6 is 31.9 Å². The van der Waals surface area contributed by atoms with Gasteiger partial charge in [0.2, 0.25) is 5.78 Å². The van der Waals surface area contributed by atoms with Crippen LogP contribution in [0.1, 0.15) is 26.3 Å². The molecule has 0 saturated carbocycles. The standard InChI is InChI=1S/C22H14Br2O2/c23-18-13-11-17(12-14-18)22(26)20(24)19(15-7-3-1-4-8-15)21(25)16-9-5-2-6-10-16/h1-14H/b20-19-. The fourth-order valence-electron chi connectivity index (χ4n) is 2.54. The Morgan fingerprint density at radius 1 is 0.577 bits per heavy atom. The lowest BCUT2D eigenvalue weighted by molar-refractivity contribution is 0.102. The summed E-state index contributed by atoms with van der Waals surface area (Å²) in [4.78, 5) is 26.1. The van der Waals surface area contributed by atoms with E-state index in [1.54, 1.807) is 48.5 Å². The summed E-state index contributed by atoms with van der Waals surface area (Å²) in [5.41, 5.74) is 2.09. The van der Waals surface area contributed by atoms with Crippen molar-refractivity contribution < 1.29 is 9.59 Å². The first-order valence-electron chi connectivity index (χ1n) is 7.93. The van der Waals surface area contributed by atoms with E-state index < -0.39 is 0 Å². The Kier molecular flexibility index (Phi) is 5.96. The van der Waals surface area contributed by atoms with Gasteiger partial charge in [0.15, 0.2) is 5.78 Å². The Bertz CT molecular complexity index is 960. The van der Waals surface area contributed by atoms with Gasteiger partial charge in [-0.3, -0.25) is 9.59 Å². The van der Waals surface area contributed by atoms with Crippen molar-refractivity contribution in [1.29, 1.82) is 0 Å². The van der Waals surface area contributed by atoms with E-state index in [9.17, 15) is 9.59 Å². The van der Waals surface area contributed by atoms with Crippen molar-refractivity contribution in [3.8, 4) is 0 Å². The second kappa shape index (κ2) is 8.39. The van der Waals surface area contributed by atoms with Crippen molar-refractivity contribution in [2.45, 2.75) is 0 Å². The average Bonchev–Trinajstić information content (AvgIpc) is 2.69. The van der Waals surface area contributed by atoms with Crippen LogP contribution in [0.5, 0.6) is 0 Å². The number of allylic oxidation sites excluding steroid dienone is 2. The highest BCUT2D eigenvalue weighted by molar-refractivity contribution is 9.12. The zero-order valence-electron chi connectivity index (χ0n) is 13.7. The number of Topliss-reactive ketones (excluding diaryl/α,β-unsaturated/α-hetero) is 2. The third kappa shape index (κ3) is 4.09. The Balaban J connectivity index is 2.13. The smallest absolute Gasteiger partial charge is 0.200 e. The van der Waals surface area contributed by atoms with Crippen molar-refractivity contribution in [3.05, 3.63) is 111 Å². The lowest BCUT2D eigenvalue weighted by atomic mass is 9.94. The van der Waals surface area contributed by atoms with E-state index in [4.69, 9.17) is 0 Å². The summed E-state index contributed by atoms with van der Waals surface area (Å²) in [5, 5.41) is 0. The molecule has 3 rings (SSSR count). The SMILES string of the molecule is O=C(/C(Br)=C(/C(=O)c1ccccc1)c1ccccc1)c1ccc(Br)cc1. The number of halogens is 2. The summed E-state index contributed by atoms with van der Waals surface area (Å²) in [5.74, 6) is -0.435. The van der Waals surface area contributed by atoms with E-state index in [1.165, 1.54) is 0 Å². The average molecular weight is 470 g/mol. The van der Waals surface area contributed by atoms with Crippen LogP contribution in [0.15, 0.2) is 93.9 Å². The van der Waals surface area contributed by atoms with E-state index in [1.807, 2.05) is 36.4 Å². The number of carbonyl (C=O) groups excluding carboxylic acids is 2. The molecule has 3 aromatic carbocycles. The largest absolute Gasteiger partial charge is 0.289 e. The highest BCUT2D eigenvalue weighted by Gasteiger charge is 2.22. The molecule has 0 saturated heterocycles. The maximum atomic E-state index is 13.1. The number of benzene rings is 3. The molecule has 0 fully saturated rings. The van der Waals surface area contributed by atoms with Gasteiger partial charge in [0.05, 0.1) is 4.48 Å². The predicted octanol–water partition coefficient (Wildman–Crippen LogP) is 6.32. The summed E-state index contributed by atoms with van der Waals surface area (Å²) in [6, 6.07) is 25.2. The molecule has 0 bridgehead atoms. The highest BCUT2D eigenvalue weighted by atomic mass is 79.9. The molecule has 4 heteroatoms. The van der Waals surface area contributed by atoms with Gasteiger partial charge in [0.1, 0.15) is 0 Å². The van der Waals surface area contributed by atoms with Gasteiger partial charge in [-0.2, -0.15) is 0 Å². The van der Waals surface area contributed by atoms with Gasteiger partial charge >= 0.3 is 0 Å². The maximum Gasteiger partial charge on any atom is 0.200 e. The van der Waals surface area contributed by atoms with Gasteiger partial charge < -0.3 is 0 Å². The molecule has 0 heterocycles. The molecular weight excluding hydrogens is 456 g/mol.